The number of nitrogens with zero attached hydrogens (tertiary/aromatic N) is 3. The number of fused-ring (bicyclic) bond motifs is 1. The van der Waals surface area contributed by atoms with Crippen molar-refractivity contribution in [3.63, 3.8) is 0 Å². The third-order valence-electron chi connectivity index (χ3n) is 5.07. The summed E-state index contributed by atoms with van der Waals surface area (Å²) < 4.78 is 10.2. The van der Waals surface area contributed by atoms with Gasteiger partial charge in [-0.1, -0.05) is 5.16 Å². The lowest BCUT2D eigenvalue weighted by atomic mass is 9.98. The third-order valence-corrected chi connectivity index (χ3v) is 5.07. The predicted molar refractivity (Wildman–Crippen MR) is 88.3 cm³/mol. The van der Waals surface area contributed by atoms with E-state index in [9.17, 15) is 4.79 Å². The molecule has 1 aliphatic heterocycles. The molecule has 1 saturated heterocycles. The first-order valence-corrected chi connectivity index (χ1v) is 8.09. The minimum Gasteiger partial charge on any atom is -0.472 e. The van der Waals surface area contributed by atoms with Crippen LogP contribution < -0.4 is 5.73 Å². The third kappa shape index (κ3) is 3.18. The zero-order valence-electron chi connectivity index (χ0n) is 13.3. The smallest absolute Gasteiger partial charge is 0.227 e. The van der Waals surface area contributed by atoms with Crippen LogP contribution in [0.3, 0.4) is 0 Å². The largest absolute Gasteiger partial charge is 0.472 e. The number of hydrogen-bond donors (Lipinski definition) is 1. The van der Waals surface area contributed by atoms with Crippen molar-refractivity contribution in [2.24, 2.45) is 17.6 Å². The highest BCUT2D eigenvalue weighted by Crippen LogP contribution is 2.37. The summed E-state index contributed by atoms with van der Waals surface area (Å²) >= 11 is 0. The van der Waals surface area contributed by atoms with Crippen molar-refractivity contribution in [1.29, 1.82) is 0 Å². The maximum Gasteiger partial charge on any atom is 0.227 e. The van der Waals surface area contributed by atoms with Crippen molar-refractivity contribution in [3.8, 4) is 11.4 Å². The van der Waals surface area contributed by atoms with E-state index in [-0.39, 0.29) is 24.4 Å². The molecule has 3 unspecified atom stereocenters. The van der Waals surface area contributed by atoms with Gasteiger partial charge in [-0.15, -0.1) is 12.4 Å². The van der Waals surface area contributed by atoms with E-state index in [0.29, 0.717) is 36.4 Å². The summed E-state index contributed by atoms with van der Waals surface area (Å²) in [5, 5.41) is 3.90. The second-order valence-electron chi connectivity index (χ2n) is 6.49. The van der Waals surface area contributed by atoms with E-state index >= 15 is 0 Å². The Kier molecular flexibility index (Phi) is 4.91. The van der Waals surface area contributed by atoms with Crippen molar-refractivity contribution in [1.82, 2.24) is 15.0 Å². The molecule has 1 saturated carbocycles. The Bertz CT molecular complexity index is 687. The van der Waals surface area contributed by atoms with Crippen molar-refractivity contribution in [2.75, 3.05) is 13.1 Å². The number of amides is 1. The molecule has 2 N–H and O–H groups in total. The fourth-order valence-corrected chi connectivity index (χ4v) is 3.75. The lowest BCUT2D eigenvalue weighted by Gasteiger charge is -2.18. The molecule has 3 heterocycles. The molecule has 2 aliphatic rings. The molecule has 0 radical (unpaired) electrons. The Morgan fingerprint density at radius 1 is 1.38 bits per heavy atom. The topological polar surface area (TPSA) is 98.4 Å². The van der Waals surface area contributed by atoms with Gasteiger partial charge in [-0.2, -0.15) is 4.98 Å². The van der Waals surface area contributed by atoms with Crippen LogP contribution in [0, 0.1) is 11.8 Å². The number of rotatable bonds is 4. The van der Waals surface area contributed by atoms with Crippen LogP contribution in [0.4, 0.5) is 0 Å². The Morgan fingerprint density at radius 2 is 2.25 bits per heavy atom. The number of aryl methyl sites for hydroxylation is 1. The maximum atomic E-state index is 12.4. The van der Waals surface area contributed by atoms with Gasteiger partial charge in [0.1, 0.15) is 6.26 Å². The first-order valence-electron chi connectivity index (χ1n) is 8.09. The summed E-state index contributed by atoms with van der Waals surface area (Å²) in [6.45, 7) is 1.65. The molecule has 1 aliphatic carbocycles. The summed E-state index contributed by atoms with van der Waals surface area (Å²) in [7, 11) is 0. The first kappa shape index (κ1) is 17.0. The molecule has 2 aromatic heterocycles. The lowest BCUT2D eigenvalue weighted by Crippen LogP contribution is -2.33. The SMILES string of the molecule is Cl.NC1CCC2CN(C(=O)CCc3nc(-c4ccoc4)no3)CC12. The zero-order chi connectivity index (χ0) is 15.8. The molecule has 7 nitrogen and oxygen atoms in total. The Morgan fingerprint density at radius 3 is 3.00 bits per heavy atom. The fraction of sp³-hybridized carbons (Fsp3) is 0.562. The van der Waals surface area contributed by atoms with Gasteiger partial charge in [0.2, 0.25) is 17.6 Å². The van der Waals surface area contributed by atoms with E-state index in [4.69, 9.17) is 14.7 Å². The molecule has 0 aromatic carbocycles. The molecular weight excluding hydrogens is 332 g/mol. The van der Waals surface area contributed by atoms with Gasteiger partial charge in [0.05, 0.1) is 11.8 Å². The number of halogens is 1. The van der Waals surface area contributed by atoms with Gasteiger partial charge < -0.3 is 19.6 Å². The van der Waals surface area contributed by atoms with Crippen molar-refractivity contribution in [3.05, 3.63) is 24.5 Å². The molecule has 130 valence electrons. The van der Waals surface area contributed by atoms with E-state index in [1.807, 2.05) is 4.90 Å². The molecule has 24 heavy (non-hydrogen) atoms. The summed E-state index contributed by atoms with van der Waals surface area (Å²) in [4.78, 5) is 18.6. The van der Waals surface area contributed by atoms with Gasteiger partial charge in [0, 0.05) is 32.0 Å². The number of hydrogen-bond acceptors (Lipinski definition) is 6. The van der Waals surface area contributed by atoms with Gasteiger partial charge in [0.15, 0.2) is 0 Å². The Labute approximate surface area is 146 Å². The first-order chi connectivity index (χ1) is 11.2. The molecular formula is C16H21ClN4O3. The van der Waals surface area contributed by atoms with Gasteiger partial charge in [-0.3, -0.25) is 4.79 Å². The van der Waals surface area contributed by atoms with E-state index in [0.717, 1.165) is 31.5 Å². The average molecular weight is 353 g/mol. The van der Waals surface area contributed by atoms with E-state index in [1.165, 1.54) is 0 Å². The van der Waals surface area contributed by atoms with E-state index in [1.54, 1.807) is 18.6 Å². The van der Waals surface area contributed by atoms with Crippen LogP contribution in [0.2, 0.25) is 0 Å². The van der Waals surface area contributed by atoms with Gasteiger partial charge in [0.25, 0.3) is 0 Å². The number of furan rings is 1. The van der Waals surface area contributed by atoms with Gasteiger partial charge >= 0.3 is 0 Å². The van der Waals surface area contributed by atoms with Gasteiger partial charge in [-0.25, -0.2) is 0 Å². The minimum atomic E-state index is 0. The van der Waals surface area contributed by atoms with Crippen molar-refractivity contribution < 1.29 is 13.7 Å². The molecule has 8 heteroatoms. The highest BCUT2D eigenvalue weighted by Gasteiger charge is 2.42. The summed E-state index contributed by atoms with van der Waals surface area (Å²) in [5.41, 5.74) is 6.89. The monoisotopic (exact) mass is 352 g/mol. The zero-order valence-corrected chi connectivity index (χ0v) is 14.1. The van der Waals surface area contributed by atoms with Crippen LogP contribution in [-0.2, 0) is 11.2 Å². The molecule has 2 fully saturated rings. The molecule has 0 bridgehead atoms. The molecule has 1 amide bonds. The standard InChI is InChI=1S/C16H20N4O3.ClH/c17-13-2-1-10-7-20(8-12(10)13)15(21)4-3-14-18-16(19-23-14)11-5-6-22-9-11;/h5-6,9-10,12-13H,1-4,7-8,17H2;1H. The summed E-state index contributed by atoms with van der Waals surface area (Å²) in [6, 6.07) is 2.03. The Balaban J connectivity index is 0.00000169. The number of likely N-dealkylation sites (tertiary alicyclic amines) is 1. The quantitative estimate of drug-likeness (QED) is 0.902. The highest BCUT2D eigenvalue weighted by atomic mass is 35.5. The van der Waals surface area contributed by atoms with Crippen LogP contribution in [0.15, 0.2) is 27.5 Å². The number of carbonyl (C=O) groups is 1. The lowest BCUT2D eigenvalue weighted by molar-refractivity contribution is -0.130. The number of nitrogens with two attached hydrogens (primary N) is 1. The normalized spacial score (nSPS) is 25.5. The Hall–Kier alpha value is -1.86. The van der Waals surface area contributed by atoms with Crippen molar-refractivity contribution >= 4 is 18.3 Å². The van der Waals surface area contributed by atoms with Crippen molar-refractivity contribution in [2.45, 2.75) is 31.7 Å². The van der Waals surface area contributed by atoms with Crippen LogP contribution in [0.25, 0.3) is 11.4 Å². The second kappa shape index (κ2) is 6.94. The highest BCUT2D eigenvalue weighted by molar-refractivity contribution is 5.85. The van der Waals surface area contributed by atoms with E-state index < -0.39 is 0 Å². The minimum absolute atomic E-state index is 0. The summed E-state index contributed by atoms with van der Waals surface area (Å²) in [6.07, 6.45) is 6.21. The average Bonchev–Trinajstić information content (AvgIpc) is 3.31. The van der Waals surface area contributed by atoms with Crippen LogP contribution in [0.5, 0.6) is 0 Å². The van der Waals surface area contributed by atoms with Crippen LogP contribution >= 0.6 is 12.4 Å². The second-order valence-corrected chi connectivity index (χ2v) is 6.49. The maximum absolute atomic E-state index is 12.4. The number of carbonyl (C=O) groups excluding carboxylic acids is 1. The van der Waals surface area contributed by atoms with E-state index in [2.05, 4.69) is 10.1 Å². The molecule has 3 atom stereocenters. The van der Waals surface area contributed by atoms with Gasteiger partial charge in [-0.05, 0) is 30.7 Å². The number of aromatic nitrogens is 2. The molecule has 0 spiro atoms. The van der Waals surface area contributed by atoms with Crippen LogP contribution in [0.1, 0.15) is 25.2 Å². The summed E-state index contributed by atoms with van der Waals surface area (Å²) in [5.74, 6) is 2.18. The fourth-order valence-electron chi connectivity index (χ4n) is 3.75. The molecule has 4 rings (SSSR count). The van der Waals surface area contributed by atoms with Crippen LogP contribution in [-0.4, -0.2) is 40.1 Å². The molecule has 2 aromatic rings. The predicted octanol–water partition coefficient (Wildman–Crippen LogP) is 1.88.